The van der Waals surface area contributed by atoms with Gasteiger partial charge in [0.1, 0.15) is 0 Å². The molecule has 1 heteroatoms. The van der Waals surface area contributed by atoms with Crippen LogP contribution in [0.3, 0.4) is 0 Å². The van der Waals surface area contributed by atoms with Crippen molar-refractivity contribution in [2.24, 2.45) is 5.92 Å². The van der Waals surface area contributed by atoms with Crippen LogP contribution in [0.4, 0.5) is 0 Å². The summed E-state index contributed by atoms with van der Waals surface area (Å²) in [5.74, 6) is 4.78. The van der Waals surface area contributed by atoms with E-state index < -0.39 is 0 Å². The highest BCUT2D eigenvalue weighted by Gasteiger charge is 2.02. The Kier molecular flexibility index (Phi) is 8.51. The normalized spacial score (nSPS) is 12.0. The molecule has 0 saturated carbocycles. The average molecular weight is 260 g/mol. The van der Waals surface area contributed by atoms with Gasteiger partial charge in [0.25, 0.3) is 0 Å². The molecular weight excluding hydrogens is 236 g/mol. The van der Waals surface area contributed by atoms with Gasteiger partial charge in [0, 0.05) is 11.3 Å². The predicted molar refractivity (Wildman–Crippen MR) is 82.9 cm³/mol. The Morgan fingerprint density at radius 2 is 1.89 bits per heavy atom. The largest absolute Gasteiger partial charge is 0.126 e. The van der Waals surface area contributed by atoms with Crippen LogP contribution in [0.5, 0.6) is 0 Å². The molecule has 0 heterocycles. The number of unbranched alkanes of at least 4 members (excludes halogenated alkanes) is 3. The van der Waals surface area contributed by atoms with Gasteiger partial charge in [0.15, 0.2) is 0 Å². The first-order valence-corrected chi connectivity index (χ1v) is 7.93. The first-order chi connectivity index (χ1) is 8.83. The molecule has 0 aromatic heterocycles. The van der Waals surface area contributed by atoms with Crippen LogP contribution in [0.1, 0.15) is 45.4 Å². The Morgan fingerprint density at radius 3 is 2.61 bits per heavy atom. The molecule has 98 valence electrons. The van der Waals surface area contributed by atoms with Gasteiger partial charge < -0.3 is 0 Å². The van der Waals surface area contributed by atoms with E-state index in [0.717, 1.165) is 12.3 Å². The topological polar surface area (TPSA) is 0 Å². The second-order valence-electron chi connectivity index (χ2n) is 4.86. The second kappa shape index (κ2) is 10.1. The molecule has 1 aromatic carbocycles. The molecule has 0 N–H and O–H groups in total. The minimum atomic E-state index is 0.840. The molecular formula is C17H24S. The van der Waals surface area contributed by atoms with Gasteiger partial charge in [0.2, 0.25) is 0 Å². The van der Waals surface area contributed by atoms with Gasteiger partial charge >= 0.3 is 0 Å². The quantitative estimate of drug-likeness (QED) is 0.326. The number of hydrogen-bond acceptors (Lipinski definition) is 1. The third kappa shape index (κ3) is 7.45. The number of rotatable bonds is 9. The summed E-state index contributed by atoms with van der Waals surface area (Å²) in [4.78, 5) is 1.39. The molecule has 1 rings (SSSR count). The molecule has 0 spiro atoms. The molecule has 0 aliphatic rings. The van der Waals surface area contributed by atoms with E-state index in [1.54, 1.807) is 0 Å². The summed E-state index contributed by atoms with van der Waals surface area (Å²) >= 11 is 1.97. The van der Waals surface area contributed by atoms with Crippen molar-refractivity contribution in [3.63, 3.8) is 0 Å². The van der Waals surface area contributed by atoms with Gasteiger partial charge in [-0.25, -0.2) is 0 Å². The molecule has 0 aliphatic carbocycles. The molecule has 0 fully saturated rings. The smallest absolute Gasteiger partial charge is 0.00860 e. The summed E-state index contributed by atoms with van der Waals surface area (Å²) in [7, 11) is 0. The van der Waals surface area contributed by atoms with E-state index in [-0.39, 0.29) is 0 Å². The maximum atomic E-state index is 5.24. The summed E-state index contributed by atoms with van der Waals surface area (Å²) in [5.41, 5.74) is 0. The van der Waals surface area contributed by atoms with Crippen LogP contribution in [0.2, 0.25) is 0 Å². The van der Waals surface area contributed by atoms with Gasteiger partial charge in [-0.15, -0.1) is 24.1 Å². The van der Waals surface area contributed by atoms with Crippen LogP contribution in [0, 0.1) is 18.3 Å². The van der Waals surface area contributed by atoms with Crippen LogP contribution in [0.25, 0.3) is 0 Å². The Labute approximate surface area is 117 Å². The molecule has 0 saturated heterocycles. The standard InChI is InChI=1S/C17H24S/c1-3-4-5-6-8-11-16(2)14-15-18-17-12-9-7-10-13-17/h1,7,9-10,12-13,16H,4-6,8,11,14-15H2,2H3/t16-/m1/s1. The summed E-state index contributed by atoms with van der Waals surface area (Å²) < 4.78 is 0. The van der Waals surface area contributed by atoms with Crippen molar-refractivity contribution in [3.05, 3.63) is 30.3 Å². The van der Waals surface area contributed by atoms with E-state index in [0.29, 0.717) is 0 Å². The van der Waals surface area contributed by atoms with Crippen LogP contribution in [-0.4, -0.2) is 5.75 Å². The Hall–Kier alpha value is -0.870. The number of hydrogen-bond donors (Lipinski definition) is 0. The zero-order valence-corrected chi connectivity index (χ0v) is 12.2. The molecule has 1 aromatic rings. The summed E-state index contributed by atoms with van der Waals surface area (Å²) in [6.45, 7) is 2.37. The van der Waals surface area contributed by atoms with E-state index in [1.165, 1.54) is 42.8 Å². The zero-order valence-electron chi connectivity index (χ0n) is 11.4. The first-order valence-electron chi connectivity index (χ1n) is 6.94. The van der Waals surface area contributed by atoms with Gasteiger partial charge in [-0.05, 0) is 36.6 Å². The SMILES string of the molecule is C#CCCCCC[C@@H](C)CCSc1ccccc1. The fourth-order valence-corrected chi connectivity index (χ4v) is 3.04. The molecule has 0 aliphatic heterocycles. The average Bonchev–Trinajstić information content (AvgIpc) is 2.40. The summed E-state index contributed by atoms with van der Waals surface area (Å²) in [6, 6.07) is 10.7. The minimum absolute atomic E-state index is 0.840. The van der Waals surface area contributed by atoms with Gasteiger partial charge in [0.05, 0.1) is 0 Å². The van der Waals surface area contributed by atoms with Crippen LogP contribution in [-0.2, 0) is 0 Å². The van der Waals surface area contributed by atoms with E-state index in [9.17, 15) is 0 Å². The van der Waals surface area contributed by atoms with Crippen LogP contribution >= 0.6 is 11.8 Å². The lowest BCUT2D eigenvalue weighted by Crippen LogP contribution is -1.96. The molecule has 0 amide bonds. The van der Waals surface area contributed by atoms with Crippen molar-refractivity contribution < 1.29 is 0 Å². The molecule has 0 nitrogen and oxygen atoms in total. The number of benzene rings is 1. The summed E-state index contributed by atoms with van der Waals surface area (Å²) in [6.07, 6.45) is 12.7. The highest BCUT2D eigenvalue weighted by Crippen LogP contribution is 2.22. The van der Waals surface area contributed by atoms with E-state index >= 15 is 0 Å². The number of thioether (sulfide) groups is 1. The highest BCUT2D eigenvalue weighted by molar-refractivity contribution is 7.99. The van der Waals surface area contributed by atoms with Crippen LogP contribution < -0.4 is 0 Å². The van der Waals surface area contributed by atoms with E-state index in [2.05, 4.69) is 43.2 Å². The van der Waals surface area contributed by atoms with E-state index in [4.69, 9.17) is 6.42 Å². The van der Waals surface area contributed by atoms with Crippen molar-refractivity contribution in [1.29, 1.82) is 0 Å². The second-order valence-corrected chi connectivity index (χ2v) is 6.03. The molecule has 0 unspecified atom stereocenters. The lowest BCUT2D eigenvalue weighted by molar-refractivity contribution is 0.483. The van der Waals surface area contributed by atoms with Crippen molar-refractivity contribution in [3.8, 4) is 12.3 Å². The summed E-state index contributed by atoms with van der Waals surface area (Å²) in [5, 5.41) is 0. The van der Waals surface area contributed by atoms with Crippen molar-refractivity contribution in [1.82, 2.24) is 0 Å². The maximum absolute atomic E-state index is 5.24. The highest BCUT2D eigenvalue weighted by atomic mass is 32.2. The lowest BCUT2D eigenvalue weighted by atomic mass is 10.0. The molecule has 0 radical (unpaired) electrons. The fraction of sp³-hybridized carbons (Fsp3) is 0.529. The van der Waals surface area contributed by atoms with E-state index in [1.807, 2.05) is 11.8 Å². The van der Waals surface area contributed by atoms with Gasteiger partial charge in [-0.2, -0.15) is 0 Å². The van der Waals surface area contributed by atoms with Gasteiger partial charge in [-0.1, -0.05) is 44.4 Å². The van der Waals surface area contributed by atoms with Crippen molar-refractivity contribution in [2.75, 3.05) is 5.75 Å². The lowest BCUT2D eigenvalue weighted by Gasteiger charge is -2.10. The Balaban J connectivity index is 2.00. The van der Waals surface area contributed by atoms with Crippen molar-refractivity contribution in [2.45, 2.75) is 50.3 Å². The Bertz CT molecular complexity index is 336. The fourth-order valence-electron chi connectivity index (χ4n) is 1.94. The Morgan fingerprint density at radius 1 is 1.11 bits per heavy atom. The zero-order chi connectivity index (χ0) is 13.1. The third-order valence-electron chi connectivity index (χ3n) is 3.14. The third-order valence-corrected chi connectivity index (χ3v) is 4.19. The molecule has 18 heavy (non-hydrogen) atoms. The predicted octanol–water partition coefficient (Wildman–Crippen LogP) is 5.39. The van der Waals surface area contributed by atoms with Crippen molar-refractivity contribution >= 4 is 11.8 Å². The molecule has 0 bridgehead atoms. The minimum Gasteiger partial charge on any atom is -0.126 e. The van der Waals surface area contributed by atoms with Gasteiger partial charge in [-0.3, -0.25) is 0 Å². The first kappa shape index (κ1) is 15.2. The number of terminal acetylenes is 1. The van der Waals surface area contributed by atoms with Crippen LogP contribution in [0.15, 0.2) is 35.2 Å². The maximum Gasteiger partial charge on any atom is 0.00860 e. The molecule has 1 atom stereocenters. The monoisotopic (exact) mass is 260 g/mol.